The molecule has 0 saturated heterocycles. The van der Waals surface area contributed by atoms with Crippen molar-refractivity contribution in [1.82, 2.24) is 0 Å². The molecule has 0 bridgehead atoms. The maximum absolute atomic E-state index is 6.61. The Hall–Kier alpha value is -11.2. The molecule has 0 N–H and O–H groups in total. The number of anilines is 9. The van der Waals surface area contributed by atoms with Crippen molar-refractivity contribution >= 4 is 94.7 Å². The van der Waals surface area contributed by atoms with Crippen molar-refractivity contribution in [2.24, 2.45) is 0 Å². The second kappa shape index (κ2) is 21.7. The monoisotopic (exact) mass is 1070 g/mol. The first-order chi connectivity index (χ1) is 41.7. The number of rotatable bonds is 13. The fourth-order valence-electron chi connectivity index (χ4n) is 12.3. The first-order valence-electron chi connectivity index (χ1n) is 28.6. The average molecular weight is 1070 g/mol. The first-order valence-corrected chi connectivity index (χ1v) is 28.6. The van der Waals surface area contributed by atoms with Crippen molar-refractivity contribution in [3.63, 3.8) is 0 Å². The summed E-state index contributed by atoms with van der Waals surface area (Å²) < 4.78 is 6.61. The van der Waals surface area contributed by atoms with Gasteiger partial charge in [-0.3, -0.25) is 0 Å². The van der Waals surface area contributed by atoms with E-state index in [2.05, 4.69) is 336 Å². The maximum Gasteiger partial charge on any atom is 0.143 e. The topological polar surface area (TPSA) is 22.9 Å². The van der Waals surface area contributed by atoms with Crippen LogP contribution in [0.4, 0.5) is 51.2 Å². The Bertz CT molecular complexity index is 4630. The summed E-state index contributed by atoms with van der Waals surface area (Å²) in [5.74, 6) is 0. The van der Waals surface area contributed by atoms with Crippen LogP contribution in [0.3, 0.4) is 0 Å². The van der Waals surface area contributed by atoms with Gasteiger partial charge in [0.15, 0.2) is 0 Å². The minimum Gasteiger partial charge on any atom is -0.455 e. The van der Waals surface area contributed by atoms with Crippen LogP contribution in [0.2, 0.25) is 0 Å². The van der Waals surface area contributed by atoms with Crippen LogP contribution in [-0.2, 0) is 0 Å². The van der Waals surface area contributed by atoms with E-state index in [1.807, 2.05) is 12.1 Å². The third-order valence-electron chi connectivity index (χ3n) is 16.2. The molecule has 396 valence electrons. The number of hydrogen-bond donors (Lipinski definition) is 0. The van der Waals surface area contributed by atoms with E-state index in [1.54, 1.807) is 0 Å². The van der Waals surface area contributed by atoms with Gasteiger partial charge in [-0.05, 0) is 135 Å². The van der Waals surface area contributed by atoms with E-state index in [4.69, 9.17) is 4.42 Å². The summed E-state index contributed by atoms with van der Waals surface area (Å²) in [4.78, 5) is 7.29. The van der Waals surface area contributed by atoms with Gasteiger partial charge in [0.05, 0.1) is 28.4 Å². The van der Waals surface area contributed by atoms with Crippen molar-refractivity contribution in [2.75, 3.05) is 14.7 Å². The van der Waals surface area contributed by atoms with Crippen LogP contribution < -0.4 is 14.7 Å². The second-order valence-electron chi connectivity index (χ2n) is 21.2. The number of para-hydroxylation sites is 4. The van der Waals surface area contributed by atoms with Gasteiger partial charge in [-0.15, -0.1) is 0 Å². The molecule has 15 rings (SSSR count). The summed E-state index contributed by atoms with van der Waals surface area (Å²) >= 11 is 0. The lowest BCUT2D eigenvalue weighted by Gasteiger charge is -2.34. The van der Waals surface area contributed by atoms with Gasteiger partial charge in [-0.2, -0.15) is 0 Å². The highest BCUT2D eigenvalue weighted by molar-refractivity contribution is 6.11. The molecule has 4 heteroatoms. The van der Waals surface area contributed by atoms with E-state index in [0.29, 0.717) is 0 Å². The van der Waals surface area contributed by atoms with E-state index >= 15 is 0 Å². The van der Waals surface area contributed by atoms with Gasteiger partial charge in [0.25, 0.3) is 0 Å². The molecule has 1 aromatic heterocycles. The van der Waals surface area contributed by atoms with Crippen LogP contribution in [-0.4, -0.2) is 0 Å². The first kappa shape index (κ1) is 49.8. The molecule has 0 unspecified atom stereocenters. The SMILES string of the molecule is c1ccc(-c2ccc(N(c3ccc(-c4cccc5c4oc4ccccc45)cc3)c3cc(N(c4ccccc4)c4ccc(-c5ccccc5)c5ccccc45)cc(N(c4ccccc4)c4ccc(-c5ccccc5)c5ccccc45)c3)cc2)cc1. The third-order valence-corrected chi connectivity index (χ3v) is 16.2. The highest BCUT2D eigenvalue weighted by atomic mass is 16.3. The number of nitrogens with zero attached hydrogens (tertiary/aromatic N) is 3. The molecule has 4 nitrogen and oxygen atoms in total. The molecule has 0 spiro atoms. The molecule has 15 aromatic rings. The Labute approximate surface area is 489 Å². The summed E-state index contributed by atoms with van der Waals surface area (Å²) in [6.45, 7) is 0. The largest absolute Gasteiger partial charge is 0.455 e. The highest BCUT2D eigenvalue weighted by Gasteiger charge is 2.26. The van der Waals surface area contributed by atoms with Gasteiger partial charge >= 0.3 is 0 Å². The van der Waals surface area contributed by atoms with Crippen molar-refractivity contribution in [2.45, 2.75) is 0 Å². The minimum atomic E-state index is 0.881. The molecule has 84 heavy (non-hydrogen) atoms. The molecule has 0 aliphatic heterocycles. The number of fused-ring (bicyclic) bond motifs is 5. The van der Waals surface area contributed by atoms with Gasteiger partial charge < -0.3 is 19.1 Å². The third kappa shape index (κ3) is 9.18. The number of hydrogen-bond acceptors (Lipinski definition) is 4. The van der Waals surface area contributed by atoms with E-state index < -0.39 is 0 Å². The lowest BCUT2D eigenvalue weighted by molar-refractivity contribution is 0.670. The average Bonchev–Trinajstić information content (AvgIpc) is 2.21. The van der Waals surface area contributed by atoms with E-state index in [9.17, 15) is 0 Å². The molecule has 0 amide bonds. The smallest absolute Gasteiger partial charge is 0.143 e. The molecule has 1 heterocycles. The highest BCUT2D eigenvalue weighted by Crippen LogP contribution is 2.50. The quantitative estimate of drug-likeness (QED) is 0.115. The van der Waals surface area contributed by atoms with E-state index in [1.165, 1.54) is 33.0 Å². The molecule has 0 aliphatic rings. The van der Waals surface area contributed by atoms with Crippen LogP contribution in [0, 0.1) is 0 Å². The predicted octanol–water partition coefficient (Wildman–Crippen LogP) is 23.0. The minimum absolute atomic E-state index is 0.881. The number of benzene rings is 14. The Balaban J connectivity index is 0.995. The zero-order valence-electron chi connectivity index (χ0n) is 46.0. The Morgan fingerprint density at radius 3 is 1.02 bits per heavy atom. The summed E-state index contributed by atoms with van der Waals surface area (Å²) in [5, 5.41) is 6.84. The fourth-order valence-corrected chi connectivity index (χ4v) is 12.3. The van der Waals surface area contributed by atoms with Crippen LogP contribution in [0.15, 0.2) is 338 Å². The summed E-state index contributed by atoms with van der Waals surface area (Å²) in [7, 11) is 0. The molecule has 0 fully saturated rings. The van der Waals surface area contributed by atoms with Gasteiger partial charge in [-0.25, -0.2) is 0 Å². The predicted molar refractivity (Wildman–Crippen MR) is 355 cm³/mol. The fraction of sp³-hybridized carbons (Fsp3) is 0. The zero-order chi connectivity index (χ0) is 55.8. The van der Waals surface area contributed by atoms with Crippen LogP contribution >= 0.6 is 0 Å². The molecular weight excluding hydrogens is 1020 g/mol. The van der Waals surface area contributed by atoms with Crippen molar-refractivity contribution in [3.8, 4) is 44.5 Å². The van der Waals surface area contributed by atoms with E-state index in [0.717, 1.165) is 106 Å². The molecule has 0 saturated carbocycles. The lowest BCUT2D eigenvalue weighted by atomic mass is 9.96. The van der Waals surface area contributed by atoms with E-state index in [-0.39, 0.29) is 0 Å². The van der Waals surface area contributed by atoms with Crippen molar-refractivity contribution < 1.29 is 4.42 Å². The summed E-state index contributed by atoms with van der Waals surface area (Å²) in [6.07, 6.45) is 0. The van der Waals surface area contributed by atoms with Gasteiger partial charge in [-0.1, -0.05) is 249 Å². The standard InChI is InChI=1S/C80H55N3O/c1-6-23-56(24-7-1)57-41-45-63(46-42-57)81(64-47-43-60(44-48-64)70-38-22-39-76-75-37-20-21-40-79(75)84-80(70)76)65-53-66(82(61-29-12-4-13-30-61)77-51-49-68(58-25-8-2-9-26-58)71-33-16-18-35-73(71)77)55-67(54-65)83(62-31-14-5-15-32-62)78-52-50-69(59-27-10-3-11-28-59)72-34-17-19-36-74(72)78/h1-55H. The normalized spacial score (nSPS) is 11.3. The van der Waals surface area contributed by atoms with Crippen molar-refractivity contribution in [3.05, 3.63) is 334 Å². The zero-order valence-corrected chi connectivity index (χ0v) is 46.0. The lowest BCUT2D eigenvalue weighted by Crippen LogP contribution is -2.16. The van der Waals surface area contributed by atoms with Crippen LogP contribution in [0.25, 0.3) is 88.0 Å². The van der Waals surface area contributed by atoms with Crippen LogP contribution in [0.5, 0.6) is 0 Å². The van der Waals surface area contributed by atoms with Crippen LogP contribution in [0.1, 0.15) is 0 Å². The Kier molecular flexibility index (Phi) is 12.9. The summed E-state index contributed by atoms with van der Waals surface area (Å²) in [6, 6.07) is 120. The second-order valence-corrected chi connectivity index (χ2v) is 21.2. The Morgan fingerprint density at radius 1 is 0.190 bits per heavy atom. The molecule has 0 aliphatic carbocycles. The van der Waals surface area contributed by atoms with Gasteiger partial charge in [0.2, 0.25) is 0 Å². The molecule has 14 aromatic carbocycles. The molecule has 0 atom stereocenters. The maximum atomic E-state index is 6.61. The van der Waals surface area contributed by atoms with Gasteiger partial charge in [0.1, 0.15) is 11.2 Å². The van der Waals surface area contributed by atoms with Crippen molar-refractivity contribution in [1.29, 1.82) is 0 Å². The Morgan fingerprint density at radius 2 is 0.536 bits per heavy atom. The summed E-state index contributed by atoms with van der Waals surface area (Å²) in [5.41, 5.74) is 20.0. The molecule has 0 radical (unpaired) electrons. The number of furan rings is 1. The van der Waals surface area contributed by atoms with Gasteiger partial charge in [0, 0.05) is 49.9 Å². The molecular formula is C80H55N3O.